The van der Waals surface area contributed by atoms with Crippen molar-refractivity contribution in [2.24, 2.45) is 0 Å². The number of carbonyl (C=O) groups is 1. The van der Waals surface area contributed by atoms with Crippen LogP contribution in [0.3, 0.4) is 0 Å². The summed E-state index contributed by atoms with van der Waals surface area (Å²) in [6.07, 6.45) is 3.63. The highest BCUT2D eigenvalue weighted by atomic mass is 32.2. The summed E-state index contributed by atoms with van der Waals surface area (Å²) in [5.41, 5.74) is 0.730. The first-order valence-corrected chi connectivity index (χ1v) is 9.31. The number of hydrogen-bond acceptors (Lipinski definition) is 5. The quantitative estimate of drug-likeness (QED) is 0.764. The Morgan fingerprint density at radius 2 is 2.12 bits per heavy atom. The molecule has 0 spiro atoms. The van der Waals surface area contributed by atoms with Gasteiger partial charge in [0.1, 0.15) is 6.10 Å². The molecule has 1 unspecified atom stereocenters. The summed E-state index contributed by atoms with van der Waals surface area (Å²) < 4.78 is 18.6. The van der Waals surface area contributed by atoms with Gasteiger partial charge >= 0.3 is 6.01 Å². The van der Waals surface area contributed by atoms with Crippen molar-refractivity contribution in [3.8, 4) is 6.01 Å². The SMILES string of the molecule is CCSc1ccccc1C(=O)N1CCCC(Oc2ncc(F)cn2)C1. The number of piperidine rings is 1. The number of benzene rings is 1. The molecule has 1 aliphatic rings. The second-order valence-electron chi connectivity index (χ2n) is 5.75. The van der Waals surface area contributed by atoms with Crippen molar-refractivity contribution in [1.29, 1.82) is 0 Å². The van der Waals surface area contributed by atoms with Crippen molar-refractivity contribution in [1.82, 2.24) is 14.9 Å². The molecular formula is C18H20FN3O2S. The Kier molecular flexibility index (Phi) is 5.86. The molecule has 0 radical (unpaired) electrons. The zero-order chi connectivity index (χ0) is 17.6. The van der Waals surface area contributed by atoms with E-state index in [2.05, 4.69) is 16.9 Å². The highest BCUT2D eigenvalue weighted by Crippen LogP contribution is 2.25. The van der Waals surface area contributed by atoms with Crippen LogP contribution >= 0.6 is 11.8 Å². The maximum Gasteiger partial charge on any atom is 0.316 e. The molecule has 0 bridgehead atoms. The Hall–Kier alpha value is -2.15. The average molecular weight is 361 g/mol. The molecule has 1 saturated heterocycles. The minimum atomic E-state index is -0.502. The zero-order valence-corrected chi connectivity index (χ0v) is 14.8. The maximum atomic E-state index is 12.9. The fraction of sp³-hybridized carbons (Fsp3) is 0.389. The smallest absolute Gasteiger partial charge is 0.316 e. The van der Waals surface area contributed by atoms with Crippen LogP contribution in [-0.4, -0.2) is 45.7 Å². The van der Waals surface area contributed by atoms with Crippen molar-refractivity contribution in [2.45, 2.75) is 30.8 Å². The Balaban J connectivity index is 1.68. The fourth-order valence-corrected chi connectivity index (χ4v) is 3.62. The van der Waals surface area contributed by atoms with Gasteiger partial charge in [-0.1, -0.05) is 19.1 Å². The maximum absolute atomic E-state index is 12.9. The molecule has 1 atom stereocenters. The molecule has 0 saturated carbocycles. The van der Waals surface area contributed by atoms with Gasteiger partial charge in [0.15, 0.2) is 5.82 Å². The predicted octanol–water partition coefficient (Wildman–Crippen LogP) is 3.41. The normalized spacial score (nSPS) is 17.4. The first-order valence-electron chi connectivity index (χ1n) is 8.32. The number of ether oxygens (including phenoxy) is 1. The van der Waals surface area contributed by atoms with Crippen molar-refractivity contribution >= 4 is 17.7 Å². The van der Waals surface area contributed by atoms with Gasteiger partial charge in [0.25, 0.3) is 5.91 Å². The molecule has 1 amide bonds. The van der Waals surface area contributed by atoms with E-state index in [0.717, 1.165) is 41.4 Å². The zero-order valence-electron chi connectivity index (χ0n) is 14.0. The molecule has 0 aliphatic carbocycles. The summed E-state index contributed by atoms with van der Waals surface area (Å²) in [4.78, 5) is 23.4. The van der Waals surface area contributed by atoms with Gasteiger partial charge in [-0.3, -0.25) is 4.79 Å². The van der Waals surface area contributed by atoms with Gasteiger partial charge in [-0.15, -0.1) is 11.8 Å². The van der Waals surface area contributed by atoms with Crippen molar-refractivity contribution < 1.29 is 13.9 Å². The highest BCUT2D eigenvalue weighted by molar-refractivity contribution is 7.99. The number of carbonyl (C=O) groups excluding carboxylic acids is 1. The van der Waals surface area contributed by atoms with Crippen LogP contribution in [0.4, 0.5) is 4.39 Å². The van der Waals surface area contributed by atoms with E-state index in [9.17, 15) is 9.18 Å². The Labute approximate surface area is 150 Å². The third-order valence-electron chi connectivity index (χ3n) is 3.95. The molecule has 132 valence electrons. The predicted molar refractivity (Wildman–Crippen MR) is 94.4 cm³/mol. The molecule has 1 aromatic heterocycles. The number of amides is 1. The molecule has 25 heavy (non-hydrogen) atoms. The van der Waals surface area contributed by atoms with E-state index in [-0.39, 0.29) is 18.0 Å². The van der Waals surface area contributed by atoms with Gasteiger partial charge in [-0.25, -0.2) is 14.4 Å². The summed E-state index contributed by atoms with van der Waals surface area (Å²) in [7, 11) is 0. The number of likely N-dealkylation sites (tertiary alicyclic amines) is 1. The molecule has 2 aromatic rings. The van der Waals surface area contributed by atoms with Crippen LogP contribution in [0.1, 0.15) is 30.1 Å². The lowest BCUT2D eigenvalue weighted by Crippen LogP contribution is -2.44. The van der Waals surface area contributed by atoms with Crippen LogP contribution in [0.25, 0.3) is 0 Å². The summed E-state index contributed by atoms with van der Waals surface area (Å²) in [6, 6.07) is 7.82. The minimum absolute atomic E-state index is 0.0184. The first kappa shape index (κ1) is 17.7. The second-order valence-corrected chi connectivity index (χ2v) is 7.05. The lowest BCUT2D eigenvalue weighted by molar-refractivity contribution is 0.0512. The lowest BCUT2D eigenvalue weighted by atomic mass is 10.1. The van der Waals surface area contributed by atoms with Crippen LogP contribution in [0, 0.1) is 5.82 Å². The van der Waals surface area contributed by atoms with E-state index < -0.39 is 5.82 Å². The van der Waals surface area contributed by atoms with E-state index in [1.54, 1.807) is 11.8 Å². The van der Waals surface area contributed by atoms with E-state index in [1.165, 1.54) is 0 Å². The number of aromatic nitrogens is 2. The van der Waals surface area contributed by atoms with Crippen LogP contribution < -0.4 is 4.74 Å². The molecule has 0 N–H and O–H groups in total. The van der Waals surface area contributed by atoms with Crippen molar-refractivity contribution in [3.05, 3.63) is 48.0 Å². The molecule has 1 fully saturated rings. The Morgan fingerprint density at radius 3 is 2.88 bits per heavy atom. The van der Waals surface area contributed by atoms with Crippen LogP contribution in [0.15, 0.2) is 41.6 Å². The van der Waals surface area contributed by atoms with E-state index in [0.29, 0.717) is 13.1 Å². The highest BCUT2D eigenvalue weighted by Gasteiger charge is 2.27. The van der Waals surface area contributed by atoms with Gasteiger partial charge in [0.05, 0.1) is 24.5 Å². The third-order valence-corrected chi connectivity index (χ3v) is 4.91. The average Bonchev–Trinajstić information content (AvgIpc) is 2.64. The molecular weight excluding hydrogens is 341 g/mol. The van der Waals surface area contributed by atoms with Crippen molar-refractivity contribution in [2.75, 3.05) is 18.8 Å². The van der Waals surface area contributed by atoms with Crippen LogP contribution in [-0.2, 0) is 0 Å². The summed E-state index contributed by atoms with van der Waals surface area (Å²) in [5, 5.41) is 0. The molecule has 2 heterocycles. The van der Waals surface area contributed by atoms with E-state index in [4.69, 9.17) is 4.74 Å². The molecule has 7 heteroatoms. The van der Waals surface area contributed by atoms with Gasteiger partial charge in [-0.2, -0.15) is 0 Å². The topological polar surface area (TPSA) is 55.3 Å². The third kappa shape index (κ3) is 4.48. The number of hydrogen-bond donors (Lipinski definition) is 0. The van der Waals surface area contributed by atoms with Crippen molar-refractivity contribution in [3.63, 3.8) is 0 Å². The monoisotopic (exact) mass is 361 g/mol. The van der Waals surface area contributed by atoms with E-state index >= 15 is 0 Å². The molecule has 1 aromatic carbocycles. The molecule has 5 nitrogen and oxygen atoms in total. The molecule has 1 aliphatic heterocycles. The van der Waals surface area contributed by atoms with E-state index in [1.807, 2.05) is 29.2 Å². The largest absolute Gasteiger partial charge is 0.458 e. The number of rotatable bonds is 5. The lowest BCUT2D eigenvalue weighted by Gasteiger charge is -2.32. The van der Waals surface area contributed by atoms with Gasteiger partial charge in [0.2, 0.25) is 0 Å². The summed E-state index contributed by atoms with van der Waals surface area (Å²) in [6.45, 7) is 3.25. The minimum Gasteiger partial charge on any atom is -0.458 e. The van der Waals surface area contributed by atoms with Gasteiger partial charge in [-0.05, 0) is 30.7 Å². The first-order chi connectivity index (χ1) is 12.2. The number of thioether (sulfide) groups is 1. The second kappa shape index (κ2) is 8.29. The number of nitrogens with zero attached hydrogens (tertiary/aromatic N) is 3. The standard InChI is InChI=1S/C18H20FN3O2S/c1-2-25-16-8-4-3-7-15(16)17(23)22-9-5-6-14(12-22)24-18-20-10-13(19)11-21-18/h3-4,7-8,10-11,14H,2,5-6,9,12H2,1H3. The molecule has 3 rings (SSSR count). The van der Waals surface area contributed by atoms with Crippen LogP contribution in [0.5, 0.6) is 6.01 Å². The summed E-state index contributed by atoms with van der Waals surface area (Å²) in [5.74, 6) is 0.431. The van der Waals surface area contributed by atoms with Crippen LogP contribution in [0.2, 0.25) is 0 Å². The summed E-state index contributed by atoms with van der Waals surface area (Å²) >= 11 is 1.66. The van der Waals surface area contributed by atoms with Gasteiger partial charge < -0.3 is 9.64 Å². The van der Waals surface area contributed by atoms with Gasteiger partial charge in [0, 0.05) is 11.4 Å². The fourth-order valence-electron chi connectivity index (χ4n) is 2.82. The number of halogens is 1. The Morgan fingerprint density at radius 1 is 1.36 bits per heavy atom. The Bertz CT molecular complexity index is 727.